The van der Waals surface area contributed by atoms with E-state index in [4.69, 9.17) is 5.73 Å². The Kier molecular flexibility index (Phi) is 4.52. The van der Waals surface area contributed by atoms with Crippen molar-refractivity contribution in [2.75, 3.05) is 24.3 Å². The highest BCUT2D eigenvalue weighted by Gasteiger charge is 2.07. The maximum absolute atomic E-state index is 11.6. The Hall–Kier alpha value is -1.55. The molecule has 94 valence electrons. The lowest BCUT2D eigenvalue weighted by Crippen LogP contribution is -2.24. The van der Waals surface area contributed by atoms with Crippen LogP contribution in [0.5, 0.6) is 0 Å². The zero-order valence-electron chi connectivity index (χ0n) is 10.9. The second-order valence-electron chi connectivity index (χ2n) is 4.63. The van der Waals surface area contributed by atoms with E-state index in [0.29, 0.717) is 6.42 Å². The van der Waals surface area contributed by atoms with Crippen LogP contribution in [0.25, 0.3) is 0 Å². The number of nitrogens with one attached hydrogen (secondary N) is 1. The lowest BCUT2D eigenvalue weighted by Gasteiger charge is -2.17. The molecule has 1 rings (SSSR count). The molecule has 0 aliphatic rings. The fourth-order valence-electron chi connectivity index (χ4n) is 1.67. The second kappa shape index (κ2) is 5.68. The number of nitrogens with zero attached hydrogens (tertiary/aromatic N) is 1. The molecule has 1 aromatic carbocycles. The van der Waals surface area contributed by atoms with Crippen molar-refractivity contribution < 1.29 is 4.79 Å². The molecule has 0 saturated heterocycles. The molecule has 3 N–H and O–H groups in total. The van der Waals surface area contributed by atoms with E-state index in [1.165, 1.54) is 5.56 Å². The van der Waals surface area contributed by atoms with Crippen molar-refractivity contribution in [1.29, 1.82) is 0 Å². The van der Waals surface area contributed by atoms with Crippen LogP contribution < -0.4 is 16.0 Å². The Balaban J connectivity index is 2.79. The number of aryl methyl sites for hydroxylation is 1. The summed E-state index contributed by atoms with van der Waals surface area (Å²) in [6, 6.07) is 5.75. The molecule has 0 aliphatic heterocycles. The fraction of sp³-hybridized carbons (Fsp3) is 0.462. The van der Waals surface area contributed by atoms with E-state index >= 15 is 0 Å². The predicted molar refractivity (Wildman–Crippen MR) is 72.4 cm³/mol. The predicted octanol–water partition coefficient (Wildman–Crippen LogP) is 1.74. The molecule has 1 aromatic rings. The first kappa shape index (κ1) is 13.5. The number of nitrogens with two attached hydrogens (primary N) is 1. The highest BCUT2D eigenvalue weighted by molar-refractivity contribution is 5.91. The third-order valence-corrected chi connectivity index (χ3v) is 2.48. The molecule has 0 radical (unpaired) electrons. The standard InChI is InChI=1S/C13H21N3O/c1-9-5-6-11(8-12(9)16(3)4)15-13(17)7-10(2)14/h5-6,8,10H,7,14H2,1-4H3,(H,15,17). The molecule has 0 fully saturated rings. The van der Waals surface area contributed by atoms with E-state index in [-0.39, 0.29) is 11.9 Å². The first-order valence-corrected chi connectivity index (χ1v) is 5.73. The molecule has 17 heavy (non-hydrogen) atoms. The lowest BCUT2D eigenvalue weighted by molar-refractivity contribution is -0.116. The van der Waals surface area contributed by atoms with Crippen molar-refractivity contribution in [2.45, 2.75) is 26.3 Å². The second-order valence-corrected chi connectivity index (χ2v) is 4.63. The molecule has 1 atom stereocenters. The Morgan fingerprint density at radius 2 is 2.12 bits per heavy atom. The molecule has 4 heteroatoms. The number of hydrogen-bond donors (Lipinski definition) is 2. The first-order valence-electron chi connectivity index (χ1n) is 5.73. The van der Waals surface area contributed by atoms with Crippen LogP contribution in [0.15, 0.2) is 18.2 Å². The number of anilines is 2. The van der Waals surface area contributed by atoms with E-state index in [1.807, 2.05) is 51.0 Å². The molecule has 0 aromatic heterocycles. The van der Waals surface area contributed by atoms with Crippen molar-refractivity contribution >= 4 is 17.3 Å². The summed E-state index contributed by atoms with van der Waals surface area (Å²) in [5.41, 5.74) is 8.67. The maximum atomic E-state index is 11.6. The normalized spacial score (nSPS) is 12.1. The quantitative estimate of drug-likeness (QED) is 0.835. The molecule has 0 heterocycles. The van der Waals surface area contributed by atoms with Gasteiger partial charge in [0, 0.05) is 37.9 Å². The van der Waals surface area contributed by atoms with Gasteiger partial charge in [-0.3, -0.25) is 4.79 Å². The summed E-state index contributed by atoms with van der Waals surface area (Å²) in [4.78, 5) is 13.6. The molecule has 1 amide bonds. The van der Waals surface area contributed by atoms with Gasteiger partial charge in [0.1, 0.15) is 0 Å². The third kappa shape index (κ3) is 4.07. The van der Waals surface area contributed by atoms with Gasteiger partial charge in [0.2, 0.25) is 5.91 Å². The largest absolute Gasteiger partial charge is 0.377 e. The fourth-order valence-corrected chi connectivity index (χ4v) is 1.67. The van der Waals surface area contributed by atoms with E-state index < -0.39 is 0 Å². The van der Waals surface area contributed by atoms with Gasteiger partial charge in [0.05, 0.1) is 0 Å². The molecule has 0 aliphatic carbocycles. The van der Waals surface area contributed by atoms with Crippen LogP contribution in [0, 0.1) is 6.92 Å². The minimum atomic E-state index is -0.117. The monoisotopic (exact) mass is 235 g/mol. The Morgan fingerprint density at radius 1 is 1.47 bits per heavy atom. The molecular formula is C13H21N3O. The van der Waals surface area contributed by atoms with Crippen molar-refractivity contribution in [3.05, 3.63) is 23.8 Å². The topological polar surface area (TPSA) is 58.4 Å². The van der Waals surface area contributed by atoms with E-state index in [2.05, 4.69) is 5.32 Å². The lowest BCUT2D eigenvalue weighted by atomic mass is 10.1. The van der Waals surface area contributed by atoms with Crippen molar-refractivity contribution in [3.8, 4) is 0 Å². The highest BCUT2D eigenvalue weighted by Crippen LogP contribution is 2.22. The summed E-state index contributed by atoms with van der Waals surface area (Å²) in [7, 11) is 3.96. The number of amides is 1. The molecule has 4 nitrogen and oxygen atoms in total. The summed E-state index contributed by atoms with van der Waals surface area (Å²) in [5, 5.41) is 2.85. The smallest absolute Gasteiger partial charge is 0.225 e. The summed E-state index contributed by atoms with van der Waals surface area (Å²) < 4.78 is 0. The molecular weight excluding hydrogens is 214 g/mol. The van der Waals surface area contributed by atoms with Gasteiger partial charge in [-0.2, -0.15) is 0 Å². The molecule has 1 unspecified atom stereocenters. The van der Waals surface area contributed by atoms with Gasteiger partial charge in [-0.15, -0.1) is 0 Å². The third-order valence-electron chi connectivity index (χ3n) is 2.48. The minimum Gasteiger partial charge on any atom is -0.377 e. The number of carbonyl (C=O) groups excluding carboxylic acids is 1. The van der Waals surface area contributed by atoms with Crippen LogP contribution in [-0.2, 0) is 4.79 Å². The number of carbonyl (C=O) groups is 1. The SMILES string of the molecule is Cc1ccc(NC(=O)CC(C)N)cc1N(C)C. The van der Waals surface area contributed by atoms with E-state index in [9.17, 15) is 4.79 Å². The van der Waals surface area contributed by atoms with Crippen LogP contribution in [0.3, 0.4) is 0 Å². The van der Waals surface area contributed by atoms with E-state index in [0.717, 1.165) is 11.4 Å². The van der Waals surface area contributed by atoms with Crippen molar-refractivity contribution in [1.82, 2.24) is 0 Å². The summed E-state index contributed by atoms with van der Waals surface area (Å²) in [6.45, 7) is 3.86. The average Bonchev–Trinajstić information content (AvgIpc) is 2.19. The van der Waals surface area contributed by atoms with Gasteiger partial charge >= 0.3 is 0 Å². The Bertz CT molecular complexity index is 400. The molecule has 0 spiro atoms. The van der Waals surface area contributed by atoms with Gasteiger partial charge in [0.15, 0.2) is 0 Å². The number of hydrogen-bond acceptors (Lipinski definition) is 3. The first-order chi connectivity index (χ1) is 7.90. The Morgan fingerprint density at radius 3 is 2.65 bits per heavy atom. The summed E-state index contributed by atoms with van der Waals surface area (Å²) >= 11 is 0. The number of rotatable bonds is 4. The van der Waals surface area contributed by atoms with E-state index in [1.54, 1.807) is 0 Å². The number of benzene rings is 1. The van der Waals surface area contributed by atoms with Gasteiger partial charge < -0.3 is 16.0 Å². The van der Waals surface area contributed by atoms with Gasteiger partial charge in [-0.25, -0.2) is 0 Å². The Labute approximate surface area is 103 Å². The van der Waals surface area contributed by atoms with Crippen molar-refractivity contribution in [2.24, 2.45) is 5.73 Å². The van der Waals surface area contributed by atoms with Gasteiger partial charge in [-0.1, -0.05) is 6.07 Å². The van der Waals surface area contributed by atoms with Crippen LogP contribution in [-0.4, -0.2) is 26.0 Å². The summed E-state index contributed by atoms with van der Waals surface area (Å²) in [6.07, 6.45) is 0.338. The van der Waals surface area contributed by atoms with Crippen LogP contribution in [0.2, 0.25) is 0 Å². The van der Waals surface area contributed by atoms with Crippen LogP contribution in [0.4, 0.5) is 11.4 Å². The van der Waals surface area contributed by atoms with Crippen LogP contribution in [0.1, 0.15) is 18.9 Å². The maximum Gasteiger partial charge on any atom is 0.225 e. The minimum absolute atomic E-state index is 0.0476. The molecule has 0 bridgehead atoms. The highest BCUT2D eigenvalue weighted by atomic mass is 16.1. The zero-order valence-corrected chi connectivity index (χ0v) is 10.9. The summed E-state index contributed by atoms with van der Waals surface area (Å²) in [5.74, 6) is -0.0476. The van der Waals surface area contributed by atoms with Crippen LogP contribution >= 0.6 is 0 Å². The van der Waals surface area contributed by atoms with Gasteiger partial charge in [-0.05, 0) is 31.5 Å². The van der Waals surface area contributed by atoms with Gasteiger partial charge in [0.25, 0.3) is 0 Å². The zero-order chi connectivity index (χ0) is 13.0. The van der Waals surface area contributed by atoms with Crippen molar-refractivity contribution in [3.63, 3.8) is 0 Å². The molecule has 0 saturated carbocycles. The average molecular weight is 235 g/mol.